The summed E-state index contributed by atoms with van der Waals surface area (Å²) in [6, 6.07) is 0.678. The van der Waals surface area contributed by atoms with Crippen LogP contribution in [-0.4, -0.2) is 38.9 Å². The van der Waals surface area contributed by atoms with Gasteiger partial charge in [0.2, 0.25) is 0 Å². The van der Waals surface area contributed by atoms with Crippen molar-refractivity contribution in [3.8, 4) is 0 Å². The molecule has 2 N–H and O–H groups in total. The molecule has 1 aliphatic carbocycles. The molecule has 1 saturated carbocycles. The van der Waals surface area contributed by atoms with Crippen molar-refractivity contribution in [3.05, 3.63) is 30.6 Å². The summed E-state index contributed by atoms with van der Waals surface area (Å²) >= 11 is 0. The summed E-state index contributed by atoms with van der Waals surface area (Å²) in [6.07, 6.45) is 9.04. The van der Waals surface area contributed by atoms with Gasteiger partial charge in [0.05, 0.1) is 24.2 Å². The van der Waals surface area contributed by atoms with Crippen molar-refractivity contribution in [2.45, 2.75) is 24.9 Å². The Balaban J connectivity index is 1.53. The van der Waals surface area contributed by atoms with Crippen LogP contribution in [0.25, 0.3) is 5.52 Å². The van der Waals surface area contributed by atoms with E-state index in [9.17, 15) is 4.79 Å². The van der Waals surface area contributed by atoms with E-state index in [1.165, 1.54) is 6.42 Å². The Morgan fingerprint density at radius 2 is 2.37 bits per heavy atom. The van der Waals surface area contributed by atoms with Crippen molar-refractivity contribution in [1.29, 1.82) is 0 Å². The number of fused-ring (bicyclic) bond motifs is 3. The van der Waals surface area contributed by atoms with E-state index in [-0.39, 0.29) is 11.9 Å². The number of nitrogens with one attached hydrogen (secondary N) is 2. The number of rotatable bonds is 2. The molecule has 1 saturated heterocycles. The van der Waals surface area contributed by atoms with Gasteiger partial charge in [0.25, 0.3) is 5.91 Å². The first kappa shape index (κ1) is 10.9. The van der Waals surface area contributed by atoms with Gasteiger partial charge in [-0.05, 0) is 25.3 Å². The van der Waals surface area contributed by atoms with Crippen molar-refractivity contribution >= 4 is 11.4 Å². The largest absolute Gasteiger partial charge is 0.346 e. The fraction of sp³-hybridized carbons (Fsp3) is 0.462. The summed E-state index contributed by atoms with van der Waals surface area (Å²) in [5.41, 5.74) is 1.33. The molecule has 0 spiro atoms. The van der Waals surface area contributed by atoms with Crippen LogP contribution in [0.3, 0.4) is 0 Å². The minimum absolute atomic E-state index is 0.102. The summed E-state index contributed by atoms with van der Waals surface area (Å²) in [6.45, 7) is 1.09. The minimum atomic E-state index is -0.102. The fourth-order valence-corrected chi connectivity index (χ4v) is 3.20. The number of carbonyl (C=O) groups excluding carboxylic acids is 1. The number of nitrogens with zero attached hydrogens (tertiary/aromatic N) is 3. The van der Waals surface area contributed by atoms with Crippen molar-refractivity contribution in [3.63, 3.8) is 0 Å². The fourth-order valence-electron chi connectivity index (χ4n) is 3.20. The van der Waals surface area contributed by atoms with Gasteiger partial charge in [0, 0.05) is 18.3 Å². The van der Waals surface area contributed by atoms with Crippen LogP contribution in [0.2, 0.25) is 0 Å². The molecule has 1 amide bonds. The smallest absolute Gasteiger partial charge is 0.271 e. The molecule has 0 aromatic carbocycles. The van der Waals surface area contributed by atoms with Gasteiger partial charge in [-0.2, -0.15) is 0 Å². The second-order valence-electron chi connectivity index (χ2n) is 5.43. The molecule has 2 aliphatic rings. The monoisotopic (exact) mass is 257 g/mol. The summed E-state index contributed by atoms with van der Waals surface area (Å²) in [7, 11) is 0. The highest BCUT2D eigenvalue weighted by Gasteiger charge is 2.40. The molecule has 2 aromatic heterocycles. The number of aromatic nitrogens is 3. The van der Waals surface area contributed by atoms with Gasteiger partial charge >= 0.3 is 0 Å². The van der Waals surface area contributed by atoms with Gasteiger partial charge in [0.15, 0.2) is 0 Å². The number of piperidine rings is 1. The van der Waals surface area contributed by atoms with Crippen LogP contribution in [0, 0.1) is 5.92 Å². The molecule has 3 unspecified atom stereocenters. The standard InChI is InChI=1S/C13H15N5O/c19-13(17-11-2-8-1-10(11)15-3-8)12-6-18-7-14-4-9(18)5-16-12/h4-8,10-11,15H,1-3H2,(H,17,19). The maximum Gasteiger partial charge on any atom is 0.271 e. The Labute approximate surface area is 110 Å². The average Bonchev–Trinajstić information content (AvgIpc) is 3.13. The van der Waals surface area contributed by atoms with Crippen LogP contribution in [0.15, 0.2) is 24.9 Å². The predicted molar refractivity (Wildman–Crippen MR) is 68.8 cm³/mol. The molecular weight excluding hydrogens is 242 g/mol. The maximum atomic E-state index is 12.2. The van der Waals surface area contributed by atoms with Crippen molar-refractivity contribution in [2.24, 2.45) is 5.92 Å². The van der Waals surface area contributed by atoms with E-state index >= 15 is 0 Å². The Bertz CT molecular complexity index is 637. The highest BCUT2D eigenvalue weighted by molar-refractivity contribution is 5.92. The normalized spacial score (nSPS) is 28.9. The quantitative estimate of drug-likeness (QED) is 0.807. The van der Waals surface area contributed by atoms with Gasteiger partial charge in [0.1, 0.15) is 5.69 Å². The molecule has 1 aliphatic heterocycles. The number of imidazole rings is 1. The first-order valence-corrected chi connectivity index (χ1v) is 6.61. The molecule has 6 heteroatoms. The Morgan fingerprint density at radius 1 is 1.42 bits per heavy atom. The van der Waals surface area contributed by atoms with Crippen LogP contribution in [0.1, 0.15) is 23.3 Å². The molecule has 19 heavy (non-hydrogen) atoms. The van der Waals surface area contributed by atoms with Crippen molar-refractivity contribution in [2.75, 3.05) is 6.54 Å². The first-order chi connectivity index (χ1) is 9.29. The highest BCUT2D eigenvalue weighted by Crippen LogP contribution is 2.31. The molecule has 6 nitrogen and oxygen atoms in total. The zero-order valence-corrected chi connectivity index (χ0v) is 10.4. The molecule has 0 radical (unpaired) electrons. The summed E-state index contributed by atoms with van der Waals surface area (Å²) in [4.78, 5) is 20.4. The first-order valence-electron chi connectivity index (χ1n) is 6.61. The SMILES string of the molecule is O=C(NC1CC2CNC1C2)c1cn2cncc2cn1. The third-order valence-corrected chi connectivity index (χ3v) is 4.17. The average molecular weight is 257 g/mol. The number of carbonyl (C=O) groups is 1. The predicted octanol–water partition coefficient (Wildman–Crippen LogP) is 0.209. The lowest BCUT2D eigenvalue weighted by molar-refractivity contribution is 0.0923. The van der Waals surface area contributed by atoms with Crippen LogP contribution in [-0.2, 0) is 0 Å². The van der Waals surface area contributed by atoms with E-state index in [2.05, 4.69) is 20.6 Å². The third kappa shape index (κ3) is 1.79. The maximum absolute atomic E-state index is 12.2. The number of amides is 1. The van der Waals surface area contributed by atoms with Gasteiger partial charge in [-0.25, -0.2) is 9.97 Å². The van der Waals surface area contributed by atoms with E-state index < -0.39 is 0 Å². The van der Waals surface area contributed by atoms with Crippen LogP contribution < -0.4 is 10.6 Å². The van der Waals surface area contributed by atoms with Gasteiger partial charge in [-0.15, -0.1) is 0 Å². The van der Waals surface area contributed by atoms with Gasteiger partial charge < -0.3 is 15.0 Å². The molecular formula is C13H15N5O. The lowest BCUT2D eigenvalue weighted by Gasteiger charge is -2.23. The van der Waals surface area contributed by atoms with Gasteiger partial charge in [-0.1, -0.05) is 0 Å². The van der Waals surface area contributed by atoms with Crippen LogP contribution in [0.5, 0.6) is 0 Å². The Hall–Kier alpha value is -1.95. The second kappa shape index (κ2) is 4.03. The third-order valence-electron chi connectivity index (χ3n) is 4.17. The van der Waals surface area contributed by atoms with Crippen LogP contribution >= 0.6 is 0 Å². The zero-order valence-electron chi connectivity index (χ0n) is 10.4. The molecule has 2 bridgehead atoms. The molecule has 3 heterocycles. The molecule has 2 aromatic rings. The lowest BCUT2D eigenvalue weighted by atomic mass is 10.1. The lowest BCUT2D eigenvalue weighted by Crippen LogP contribution is -2.48. The molecule has 98 valence electrons. The van der Waals surface area contributed by atoms with Gasteiger partial charge in [-0.3, -0.25) is 4.79 Å². The molecule has 3 atom stereocenters. The highest BCUT2D eigenvalue weighted by atomic mass is 16.2. The molecule has 2 fully saturated rings. The number of hydrogen-bond acceptors (Lipinski definition) is 4. The van der Waals surface area contributed by atoms with Crippen molar-refractivity contribution in [1.82, 2.24) is 25.0 Å². The Morgan fingerprint density at radius 3 is 3.16 bits per heavy atom. The number of hydrogen-bond donors (Lipinski definition) is 2. The van der Waals surface area contributed by atoms with E-state index in [1.807, 2.05) is 0 Å². The topological polar surface area (TPSA) is 71.3 Å². The van der Waals surface area contributed by atoms with E-state index in [0.717, 1.165) is 24.4 Å². The summed E-state index contributed by atoms with van der Waals surface area (Å²) < 4.78 is 1.81. The summed E-state index contributed by atoms with van der Waals surface area (Å²) in [5.74, 6) is 0.620. The summed E-state index contributed by atoms with van der Waals surface area (Å²) in [5, 5.41) is 6.52. The van der Waals surface area contributed by atoms with Crippen molar-refractivity contribution < 1.29 is 4.79 Å². The minimum Gasteiger partial charge on any atom is -0.346 e. The van der Waals surface area contributed by atoms with E-state index in [0.29, 0.717) is 11.7 Å². The zero-order chi connectivity index (χ0) is 12.8. The second-order valence-corrected chi connectivity index (χ2v) is 5.43. The van der Waals surface area contributed by atoms with Crippen LogP contribution in [0.4, 0.5) is 0 Å². The molecule has 4 rings (SSSR count). The Kier molecular flexibility index (Phi) is 2.32. The van der Waals surface area contributed by atoms with E-state index in [4.69, 9.17) is 0 Å². The van der Waals surface area contributed by atoms with E-state index in [1.54, 1.807) is 29.3 Å².